The molecular weight excluding hydrogens is 464 g/mol. The van der Waals surface area contributed by atoms with Crippen molar-refractivity contribution in [2.75, 3.05) is 19.0 Å². The normalized spacial score (nSPS) is 12.1. The average molecular weight is 501 g/mol. The lowest BCUT2D eigenvalue weighted by Gasteiger charge is -2.14. The van der Waals surface area contributed by atoms with Gasteiger partial charge >= 0.3 is 0 Å². The van der Waals surface area contributed by atoms with Crippen LogP contribution in [0.2, 0.25) is 0 Å². The standard InChI is InChI=1S/C29H36N6O2/c1-7-9-20-12-19(4)33-28(36)23(20)16-31-29(37)25-14-22(21-10-11-26(30-15-21)34(5)6)13-24-27(18(3)8-2)32-17-35(24)25/h10-15,17-18H,7-9,16H2,1-6H3,(H,31,37)(H,33,36). The molecule has 37 heavy (non-hydrogen) atoms. The smallest absolute Gasteiger partial charge is 0.268 e. The third-order valence-electron chi connectivity index (χ3n) is 6.84. The van der Waals surface area contributed by atoms with Gasteiger partial charge in [-0.2, -0.15) is 0 Å². The number of H-pyrrole nitrogens is 1. The topological polar surface area (TPSA) is 95.4 Å². The van der Waals surface area contributed by atoms with Gasteiger partial charge in [0.05, 0.1) is 11.2 Å². The van der Waals surface area contributed by atoms with Crippen LogP contribution in [0.5, 0.6) is 0 Å². The van der Waals surface area contributed by atoms with Gasteiger partial charge in [0.15, 0.2) is 0 Å². The minimum absolute atomic E-state index is 0.154. The van der Waals surface area contributed by atoms with Gasteiger partial charge in [-0.3, -0.25) is 14.0 Å². The average Bonchev–Trinajstić information content (AvgIpc) is 3.31. The molecule has 4 rings (SSSR count). The van der Waals surface area contributed by atoms with Gasteiger partial charge in [-0.25, -0.2) is 9.97 Å². The first-order valence-electron chi connectivity index (χ1n) is 12.9. The first kappa shape index (κ1) is 26.1. The summed E-state index contributed by atoms with van der Waals surface area (Å²) in [7, 11) is 3.90. The van der Waals surface area contributed by atoms with Gasteiger partial charge in [0.2, 0.25) is 0 Å². The Morgan fingerprint density at radius 2 is 1.92 bits per heavy atom. The van der Waals surface area contributed by atoms with Crippen LogP contribution in [0.4, 0.5) is 5.82 Å². The number of hydrogen-bond donors (Lipinski definition) is 2. The number of aromatic nitrogens is 4. The molecule has 0 bridgehead atoms. The second kappa shape index (κ2) is 11.0. The van der Waals surface area contributed by atoms with Crippen LogP contribution in [0.25, 0.3) is 16.6 Å². The minimum atomic E-state index is -0.264. The second-order valence-electron chi connectivity index (χ2n) is 9.84. The molecule has 8 nitrogen and oxygen atoms in total. The minimum Gasteiger partial charge on any atom is -0.363 e. The number of amides is 1. The number of nitrogens with zero attached hydrogens (tertiary/aromatic N) is 4. The highest BCUT2D eigenvalue weighted by Gasteiger charge is 2.19. The molecule has 0 radical (unpaired) electrons. The molecule has 8 heteroatoms. The zero-order chi connectivity index (χ0) is 26.7. The number of aromatic amines is 1. The molecule has 0 fully saturated rings. The highest BCUT2D eigenvalue weighted by molar-refractivity contribution is 5.95. The van der Waals surface area contributed by atoms with Gasteiger partial charge in [0.25, 0.3) is 11.5 Å². The Bertz CT molecular complexity index is 1470. The summed E-state index contributed by atoms with van der Waals surface area (Å²) < 4.78 is 1.84. The molecule has 0 aliphatic carbocycles. The number of carbonyl (C=O) groups excluding carboxylic acids is 1. The predicted molar refractivity (Wildman–Crippen MR) is 148 cm³/mol. The van der Waals surface area contributed by atoms with Crippen LogP contribution in [-0.4, -0.2) is 39.4 Å². The Morgan fingerprint density at radius 3 is 2.57 bits per heavy atom. The van der Waals surface area contributed by atoms with Crippen molar-refractivity contribution in [2.24, 2.45) is 0 Å². The van der Waals surface area contributed by atoms with Crippen LogP contribution in [0.3, 0.4) is 0 Å². The summed E-state index contributed by atoms with van der Waals surface area (Å²) in [5.74, 6) is 0.840. The highest BCUT2D eigenvalue weighted by Crippen LogP contribution is 2.29. The Labute approximate surface area is 217 Å². The van der Waals surface area contributed by atoms with E-state index >= 15 is 0 Å². The third-order valence-corrected chi connectivity index (χ3v) is 6.84. The molecule has 0 saturated heterocycles. The van der Waals surface area contributed by atoms with Crippen molar-refractivity contribution in [2.45, 2.75) is 59.4 Å². The van der Waals surface area contributed by atoms with E-state index in [-0.39, 0.29) is 23.9 Å². The molecule has 0 aliphatic heterocycles. The molecular formula is C29H36N6O2. The number of rotatable bonds is 9. The highest BCUT2D eigenvalue weighted by atomic mass is 16.2. The predicted octanol–water partition coefficient (Wildman–Crippen LogP) is 4.86. The number of carbonyl (C=O) groups is 1. The lowest BCUT2D eigenvalue weighted by Crippen LogP contribution is -2.29. The van der Waals surface area contributed by atoms with Crippen LogP contribution in [0.15, 0.2) is 47.7 Å². The van der Waals surface area contributed by atoms with Crippen LogP contribution in [0.1, 0.15) is 72.5 Å². The fourth-order valence-electron chi connectivity index (χ4n) is 4.58. The Morgan fingerprint density at radius 1 is 1.14 bits per heavy atom. The van der Waals surface area contributed by atoms with Gasteiger partial charge in [-0.1, -0.05) is 27.2 Å². The van der Waals surface area contributed by atoms with Gasteiger partial charge in [0.1, 0.15) is 17.8 Å². The fraction of sp³-hybridized carbons (Fsp3) is 0.379. The SMILES string of the molecule is CCCc1cc(C)[nH]c(=O)c1CNC(=O)c1cc(-c2ccc(N(C)C)nc2)cc2c(C(C)CC)ncn12. The van der Waals surface area contributed by atoms with E-state index in [0.29, 0.717) is 11.3 Å². The summed E-state index contributed by atoms with van der Waals surface area (Å²) in [6.45, 7) is 8.38. The summed E-state index contributed by atoms with van der Waals surface area (Å²) in [5, 5.41) is 2.99. The maximum Gasteiger partial charge on any atom is 0.268 e. The van der Waals surface area contributed by atoms with E-state index in [0.717, 1.165) is 58.7 Å². The Hall–Kier alpha value is -3.94. The number of anilines is 1. The Kier molecular flexibility index (Phi) is 7.76. The van der Waals surface area contributed by atoms with E-state index in [9.17, 15) is 9.59 Å². The molecule has 1 unspecified atom stereocenters. The molecule has 0 aromatic carbocycles. The first-order valence-corrected chi connectivity index (χ1v) is 12.9. The maximum atomic E-state index is 13.6. The van der Waals surface area contributed by atoms with Crippen molar-refractivity contribution in [3.05, 3.63) is 81.4 Å². The molecule has 194 valence electrons. The van der Waals surface area contributed by atoms with E-state index in [1.54, 1.807) is 6.33 Å². The molecule has 4 heterocycles. The third kappa shape index (κ3) is 5.43. The van der Waals surface area contributed by atoms with E-state index in [1.807, 2.05) is 60.8 Å². The van der Waals surface area contributed by atoms with E-state index < -0.39 is 0 Å². The number of hydrogen-bond acceptors (Lipinski definition) is 5. The first-order chi connectivity index (χ1) is 17.7. The molecule has 4 aromatic rings. The monoisotopic (exact) mass is 500 g/mol. The van der Waals surface area contributed by atoms with E-state index in [4.69, 9.17) is 0 Å². The molecule has 2 N–H and O–H groups in total. The molecule has 0 saturated carbocycles. The quantitative estimate of drug-likeness (QED) is 0.342. The van der Waals surface area contributed by atoms with Crippen LogP contribution in [0, 0.1) is 6.92 Å². The van der Waals surface area contributed by atoms with Gasteiger partial charge in [0, 0.05) is 49.6 Å². The lowest BCUT2D eigenvalue weighted by atomic mass is 10.0. The van der Waals surface area contributed by atoms with E-state index in [1.165, 1.54) is 0 Å². The summed E-state index contributed by atoms with van der Waals surface area (Å²) in [5.41, 5.74) is 6.36. The van der Waals surface area contributed by atoms with Gasteiger partial charge < -0.3 is 15.2 Å². The number of nitrogens with one attached hydrogen (secondary N) is 2. The van der Waals surface area contributed by atoms with Crippen LogP contribution >= 0.6 is 0 Å². The molecule has 0 spiro atoms. The zero-order valence-electron chi connectivity index (χ0n) is 22.6. The Balaban J connectivity index is 1.75. The second-order valence-corrected chi connectivity index (χ2v) is 9.84. The van der Waals surface area contributed by atoms with Gasteiger partial charge in [-0.05, 0) is 61.2 Å². The molecule has 0 aliphatic rings. The molecule has 4 aromatic heterocycles. The van der Waals surface area contributed by atoms with Crippen LogP contribution in [-0.2, 0) is 13.0 Å². The fourth-order valence-corrected chi connectivity index (χ4v) is 4.58. The molecule has 1 amide bonds. The van der Waals surface area contributed by atoms with Crippen molar-refractivity contribution in [1.29, 1.82) is 0 Å². The zero-order valence-corrected chi connectivity index (χ0v) is 22.6. The maximum absolute atomic E-state index is 13.6. The largest absolute Gasteiger partial charge is 0.363 e. The number of fused-ring (bicyclic) bond motifs is 1. The summed E-state index contributed by atoms with van der Waals surface area (Å²) in [4.78, 5) is 40.3. The van der Waals surface area contributed by atoms with Crippen molar-refractivity contribution < 1.29 is 4.79 Å². The van der Waals surface area contributed by atoms with E-state index in [2.05, 4.69) is 47.1 Å². The molecule has 1 atom stereocenters. The summed E-state index contributed by atoms with van der Waals surface area (Å²) >= 11 is 0. The van der Waals surface area contributed by atoms with Crippen molar-refractivity contribution in [3.8, 4) is 11.1 Å². The lowest BCUT2D eigenvalue weighted by molar-refractivity contribution is 0.0944. The summed E-state index contributed by atoms with van der Waals surface area (Å²) in [6.07, 6.45) is 6.18. The van der Waals surface area contributed by atoms with Crippen molar-refractivity contribution in [3.63, 3.8) is 0 Å². The van der Waals surface area contributed by atoms with Crippen molar-refractivity contribution in [1.82, 2.24) is 24.7 Å². The summed E-state index contributed by atoms with van der Waals surface area (Å²) in [6, 6.07) is 9.90. The number of pyridine rings is 3. The van der Waals surface area contributed by atoms with Crippen molar-refractivity contribution >= 4 is 17.2 Å². The van der Waals surface area contributed by atoms with Crippen LogP contribution < -0.4 is 15.8 Å². The number of imidazole rings is 1. The van der Waals surface area contributed by atoms with Gasteiger partial charge in [-0.15, -0.1) is 0 Å². The number of aryl methyl sites for hydroxylation is 2.